The molecule has 20 heteroatoms. The summed E-state index contributed by atoms with van der Waals surface area (Å²) >= 11 is 7.51. The van der Waals surface area contributed by atoms with E-state index < -0.39 is 17.6 Å². The van der Waals surface area contributed by atoms with Crippen LogP contribution in [0.15, 0.2) is 148 Å². The van der Waals surface area contributed by atoms with Crippen molar-refractivity contribution in [1.29, 1.82) is 0 Å². The summed E-state index contributed by atoms with van der Waals surface area (Å²) in [4.78, 5) is 57.0. The molecule has 0 saturated carbocycles. The van der Waals surface area contributed by atoms with Crippen molar-refractivity contribution in [2.75, 3.05) is 72.1 Å². The topological polar surface area (TPSA) is 212 Å². The molecule has 4 N–H and O–H groups in total. The maximum atomic E-state index is 13.0. The van der Waals surface area contributed by atoms with Gasteiger partial charge < -0.3 is 35.6 Å². The first kappa shape index (κ1) is 50.2. The number of hydrogen-bond acceptors (Lipinski definition) is 18. The second-order valence-electron chi connectivity index (χ2n) is 18.2. The molecule has 75 heavy (non-hydrogen) atoms. The predicted molar refractivity (Wildman–Crippen MR) is 294 cm³/mol. The molecule has 2 aromatic heterocycles. The van der Waals surface area contributed by atoms with E-state index >= 15 is 0 Å². The number of benzene rings is 6. The molecule has 18 nitrogen and oxygen atoms in total. The average Bonchev–Trinajstić information content (AvgIpc) is 3.89. The summed E-state index contributed by atoms with van der Waals surface area (Å²) in [7, 11) is 0. The third-order valence-electron chi connectivity index (χ3n) is 12.7. The zero-order valence-electron chi connectivity index (χ0n) is 41.3. The second kappa shape index (κ2) is 22.4. The molecule has 0 spiro atoms. The first-order valence-electron chi connectivity index (χ1n) is 24.4. The van der Waals surface area contributed by atoms with E-state index in [4.69, 9.17) is 31.3 Å². The van der Waals surface area contributed by atoms with Crippen LogP contribution in [0.2, 0.25) is 5.02 Å². The Balaban J connectivity index is 0.658. The molecular weight excluding hydrogens is 990 g/mol. The highest BCUT2D eigenvalue weighted by molar-refractivity contribution is 7.17. The lowest BCUT2D eigenvalue weighted by Crippen LogP contribution is -2.49. The third kappa shape index (κ3) is 12.0. The second-order valence-corrected chi connectivity index (χ2v) is 19.7. The van der Waals surface area contributed by atoms with Crippen molar-refractivity contribution in [3.63, 3.8) is 0 Å². The number of nitrogens with zero attached hydrogens (tertiary/aromatic N) is 9. The zero-order chi connectivity index (χ0) is 51.9. The van der Waals surface area contributed by atoms with Gasteiger partial charge in [0.25, 0.3) is 5.91 Å². The Kier molecular flexibility index (Phi) is 15.0. The normalized spacial score (nSPS) is 15.5. The lowest BCUT2D eigenvalue weighted by molar-refractivity contribution is -0.151. The van der Waals surface area contributed by atoms with Crippen LogP contribution in [0.4, 0.5) is 56.6 Å². The van der Waals surface area contributed by atoms with E-state index in [1.165, 1.54) is 17.5 Å². The van der Waals surface area contributed by atoms with E-state index in [-0.39, 0.29) is 32.0 Å². The SMILES string of the molecule is Cc1nc(Nc2ncc(C(=O)Nc3c(C)cccc3Cl)s2)cc(N2CCN(CCOC(=O)CCC(=O)OCC3(C)Nc4cccc5c(N=Nc6ccc(N=Nc7ccccc7)c7ccccc67)ccc(c45)N3)CC2)n1. The number of carbonyl (C=O) groups excluding carboxylic acids is 3. The van der Waals surface area contributed by atoms with E-state index in [2.05, 4.69) is 56.2 Å². The summed E-state index contributed by atoms with van der Waals surface area (Å²) in [5.41, 5.74) is 5.20. The van der Waals surface area contributed by atoms with E-state index in [0.717, 1.165) is 68.8 Å². The van der Waals surface area contributed by atoms with Crippen molar-refractivity contribution in [3.8, 4) is 0 Å². The number of anilines is 6. The number of hydrogen-bond donors (Lipinski definition) is 4. The third-order valence-corrected chi connectivity index (χ3v) is 13.9. The van der Waals surface area contributed by atoms with Crippen LogP contribution in [0.25, 0.3) is 21.5 Å². The van der Waals surface area contributed by atoms with Gasteiger partial charge in [-0.1, -0.05) is 89.7 Å². The van der Waals surface area contributed by atoms with Gasteiger partial charge in [-0.3, -0.25) is 19.3 Å². The van der Waals surface area contributed by atoms with E-state index in [1.807, 2.05) is 136 Å². The van der Waals surface area contributed by atoms with Gasteiger partial charge >= 0.3 is 11.9 Å². The molecule has 1 unspecified atom stereocenters. The van der Waals surface area contributed by atoms with Crippen LogP contribution in [-0.4, -0.2) is 89.3 Å². The average molecular weight is 1040 g/mol. The number of amides is 1. The molecule has 1 saturated heterocycles. The number of thiazole rings is 1. The molecule has 6 aromatic carbocycles. The van der Waals surface area contributed by atoms with Crippen molar-refractivity contribution in [1.82, 2.24) is 19.9 Å². The minimum atomic E-state index is -0.833. The van der Waals surface area contributed by atoms with Gasteiger partial charge in [-0.25, -0.2) is 15.0 Å². The molecule has 10 rings (SSSR count). The number of para-hydroxylation sites is 1. The number of aromatic nitrogens is 3. The van der Waals surface area contributed by atoms with Crippen LogP contribution in [0.5, 0.6) is 0 Å². The molecule has 8 aromatic rings. The highest BCUT2D eigenvalue weighted by Crippen LogP contribution is 2.43. The fourth-order valence-electron chi connectivity index (χ4n) is 8.89. The Labute approximate surface area is 441 Å². The summed E-state index contributed by atoms with van der Waals surface area (Å²) in [5.74, 6) is 0.644. The first-order valence-corrected chi connectivity index (χ1v) is 25.6. The Hall–Kier alpha value is -8.39. The van der Waals surface area contributed by atoms with Crippen LogP contribution < -0.4 is 26.2 Å². The molecule has 0 radical (unpaired) electrons. The van der Waals surface area contributed by atoms with E-state index in [9.17, 15) is 14.4 Å². The number of azo groups is 2. The molecule has 2 aliphatic rings. The van der Waals surface area contributed by atoms with Crippen LogP contribution in [0, 0.1) is 13.8 Å². The minimum Gasteiger partial charge on any atom is -0.464 e. The molecule has 0 bridgehead atoms. The van der Waals surface area contributed by atoms with Crippen LogP contribution in [-0.2, 0) is 19.1 Å². The monoisotopic (exact) mass is 1040 g/mol. The fourth-order valence-corrected chi connectivity index (χ4v) is 9.88. The van der Waals surface area contributed by atoms with Gasteiger partial charge in [-0.2, -0.15) is 5.11 Å². The zero-order valence-corrected chi connectivity index (χ0v) is 42.9. The number of carbonyl (C=O) groups is 3. The molecule has 1 amide bonds. The molecule has 1 fully saturated rings. The number of rotatable bonds is 17. The lowest BCUT2D eigenvalue weighted by Gasteiger charge is -2.38. The Morgan fingerprint density at radius 1 is 0.733 bits per heavy atom. The van der Waals surface area contributed by atoms with Crippen molar-refractivity contribution >= 4 is 119 Å². The van der Waals surface area contributed by atoms with Gasteiger partial charge in [0.05, 0.1) is 52.5 Å². The van der Waals surface area contributed by atoms with Crippen molar-refractivity contribution in [2.45, 2.75) is 39.3 Å². The summed E-state index contributed by atoms with van der Waals surface area (Å²) < 4.78 is 11.2. The van der Waals surface area contributed by atoms with Crippen LogP contribution in [0.3, 0.4) is 0 Å². The molecule has 4 heterocycles. The summed E-state index contributed by atoms with van der Waals surface area (Å²) in [5, 5.41) is 36.1. The maximum Gasteiger partial charge on any atom is 0.306 e. The van der Waals surface area contributed by atoms with Crippen molar-refractivity contribution < 1.29 is 23.9 Å². The summed E-state index contributed by atoms with van der Waals surface area (Å²) in [6.07, 6.45) is 1.31. The van der Waals surface area contributed by atoms with Gasteiger partial charge in [-0.15, -0.1) is 15.3 Å². The standard InChI is InChI=1S/C55H52ClN13O5S/c1-34-11-9-17-40(56)52(34)61-53(72)46-32-57-54(75-46)60-47-31-48(59-35(2)58-47)69-27-25-68(26-28-69)29-30-73-49(70)23-24-50(71)74-33-55(3)62-44-18-10-16-39-43(21-22-45(63-55)51(39)44)67-66-42-20-19-41(37-14-7-8-15-38(37)42)65-64-36-12-5-4-6-13-36/h4-22,31-32,62-63H,23-30,33H2,1-3H3,(H,61,72)(H,57,58,59,60). The molecule has 1 atom stereocenters. The Morgan fingerprint density at radius 3 is 2.11 bits per heavy atom. The molecule has 380 valence electrons. The van der Waals surface area contributed by atoms with Gasteiger partial charge in [0.2, 0.25) is 0 Å². The maximum absolute atomic E-state index is 13.0. The molecular formula is C55H52ClN13O5S. The summed E-state index contributed by atoms with van der Waals surface area (Å²) in [6.45, 7) is 9.25. The van der Waals surface area contributed by atoms with Crippen LogP contribution in [0.1, 0.15) is 40.8 Å². The number of fused-ring (bicyclic) bond motifs is 1. The predicted octanol–water partition coefficient (Wildman–Crippen LogP) is 12.6. The number of aryl methyl sites for hydroxylation is 2. The first-order chi connectivity index (χ1) is 36.4. The van der Waals surface area contributed by atoms with Gasteiger partial charge in [0.15, 0.2) is 5.13 Å². The van der Waals surface area contributed by atoms with Crippen LogP contribution >= 0.6 is 22.9 Å². The quantitative estimate of drug-likeness (QED) is 0.0494. The Bertz CT molecular complexity index is 3460. The summed E-state index contributed by atoms with van der Waals surface area (Å²) in [6, 6.07) is 38.4. The number of esters is 2. The fraction of sp³-hybridized carbons (Fsp3) is 0.236. The smallest absolute Gasteiger partial charge is 0.306 e. The number of nitrogens with one attached hydrogen (secondary N) is 4. The number of ether oxygens (including phenoxy) is 2. The van der Waals surface area contributed by atoms with Crippen molar-refractivity contribution in [3.05, 3.63) is 149 Å². The van der Waals surface area contributed by atoms with E-state index in [0.29, 0.717) is 63.4 Å². The lowest BCUT2D eigenvalue weighted by atomic mass is 9.99. The number of halogens is 1. The van der Waals surface area contributed by atoms with E-state index in [1.54, 1.807) is 6.07 Å². The highest BCUT2D eigenvalue weighted by Gasteiger charge is 2.32. The van der Waals surface area contributed by atoms with Crippen molar-refractivity contribution in [2.24, 2.45) is 20.5 Å². The largest absolute Gasteiger partial charge is 0.464 e. The van der Waals surface area contributed by atoms with Gasteiger partial charge in [0.1, 0.15) is 41.2 Å². The minimum absolute atomic E-state index is 0.00300. The molecule has 0 aliphatic carbocycles. The van der Waals surface area contributed by atoms with Gasteiger partial charge in [0, 0.05) is 71.7 Å². The molecule has 2 aliphatic heterocycles. The highest BCUT2D eigenvalue weighted by atomic mass is 35.5. The Morgan fingerprint density at radius 2 is 1.37 bits per heavy atom. The number of piperazine rings is 1. The van der Waals surface area contributed by atoms with Gasteiger partial charge in [-0.05, 0) is 74.9 Å².